The summed E-state index contributed by atoms with van der Waals surface area (Å²) in [5, 5.41) is 2.87. The van der Waals surface area contributed by atoms with Gasteiger partial charge in [-0.25, -0.2) is 4.98 Å². The summed E-state index contributed by atoms with van der Waals surface area (Å²) < 4.78 is 12.2. The summed E-state index contributed by atoms with van der Waals surface area (Å²) in [5.41, 5.74) is 0. The summed E-state index contributed by atoms with van der Waals surface area (Å²) in [6.45, 7) is 2.71. The smallest absolute Gasteiger partial charge is 0.238 e. The number of anilines is 1. The lowest BCUT2D eigenvalue weighted by molar-refractivity contribution is 0.300. The number of hydrogen-bond acceptors (Lipinski definition) is 5. The Morgan fingerprint density at radius 3 is 2.70 bits per heavy atom. The number of ether oxygens (including phenoxy) is 2. The first-order valence-corrected chi connectivity index (χ1v) is 7.14. The molecule has 6 heteroatoms. The number of para-hydroxylation sites is 2. The first kappa shape index (κ1) is 14.6. The summed E-state index contributed by atoms with van der Waals surface area (Å²) in [7, 11) is 1.76. The van der Waals surface area contributed by atoms with E-state index < -0.39 is 0 Å². The zero-order chi connectivity index (χ0) is 14.4. The SMILES string of the molecule is CCCOc1ccccc1Oc1nc(NC)ncc1Br. The maximum atomic E-state index is 5.82. The molecule has 0 aliphatic rings. The highest BCUT2D eigenvalue weighted by Gasteiger charge is 2.10. The molecule has 0 saturated carbocycles. The van der Waals surface area contributed by atoms with Gasteiger partial charge >= 0.3 is 0 Å². The minimum absolute atomic E-state index is 0.442. The van der Waals surface area contributed by atoms with Gasteiger partial charge in [0, 0.05) is 7.05 Å². The van der Waals surface area contributed by atoms with Crippen LogP contribution in [-0.4, -0.2) is 23.6 Å². The number of nitrogens with one attached hydrogen (secondary N) is 1. The van der Waals surface area contributed by atoms with E-state index in [2.05, 4.69) is 38.1 Å². The van der Waals surface area contributed by atoms with Crippen molar-refractivity contribution >= 4 is 21.9 Å². The van der Waals surface area contributed by atoms with E-state index in [-0.39, 0.29) is 0 Å². The molecule has 0 bridgehead atoms. The van der Waals surface area contributed by atoms with Crippen molar-refractivity contribution in [3.63, 3.8) is 0 Å². The van der Waals surface area contributed by atoms with Crippen LogP contribution in [0.2, 0.25) is 0 Å². The lowest BCUT2D eigenvalue weighted by Gasteiger charge is -2.12. The molecule has 1 N–H and O–H groups in total. The average Bonchev–Trinajstić information content (AvgIpc) is 2.48. The predicted octanol–water partition coefficient (Wildman–Crippen LogP) is 3.86. The fourth-order valence-electron chi connectivity index (χ4n) is 1.51. The Morgan fingerprint density at radius 2 is 2.00 bits per heavy atom. The first-order chi connectivity index (χ1) is 9.74. The van der Waals surface area contributed by atoms with Gasteiger partial charge in [-0.2, -0.15) is 4.98 Å². The maximum Gasteiger partial charge on any atom is 0.238 e. The number of nitrogens with zero attached hydrogens (tertiary/aromatic N) is 2. The quantitative estimate of drug-likeness (QED) is 0.867. The van der Waals surface area contributed by atoms with E-state index in [0.717, 1.165) is 6.42 Å². The van der Waals surface area contributed by atoms with E-state index in [1.165, 1.54) is 0 Å². The molecular weight excluding hydrogens is 322 g/mol. The third-order valence-electron chi connectivity index (χ3n) is 2.45. The van der Waals surface area contributed by atoms with Gasteiger partial charge in [-0.15, -0.1) is 0 Å². The van der Waals surface area contributed by atoms with Gasteiger partial charge in [-0.05, 0) is 34.5 Å². The van der Waals surface area contributed by atoms with Crippen LogP contribution in [0, 0.1) is 0 Å². The van der Waals surface area contributed by atoms with Crippen LogP contribution < -0.4 is 14.8 Å². The van der Waals surface area contributed by atoms with E-state index in [4.69, 9.17) is 9.47 Å². The molecule has 1 aromatic heterocycles. The Hall–Kier alpha value is -1.82. The van der Waals surface area contributed by atoms with Crippen molar-refractivity contribution < 1.29 is 9.47 Å². The Bertz CT molecular complexity index is 578. The van der Waals surface area contributed by atoms with Gasteiger partial charge in [0.15, 0.2) is 11.5 Å². The van der Waals surface area contributed by atoms with Crippen LogP contribution in [0.25, 0.3) is 0 Å². The van der Waals surface area contributed by atoms with Crippen molar-refractivity contribution in [2.45, 2.75) is 13.3 Å². The largest absolute Gasteiger partial charge is 0.490 e. The van der Waals surface area contributed by atoms with Crippen LogP contribution in [0.4, 0.5) is 5.95 Å². The molecule has 1 heterocycles. The zero-order valence-corrected chi connectivity index (χ0v) is 13.0. The normalized spacial score (nSPS) is 10.2. The maximum absolute atomic E-state index is 5.82. The molecule has 106 valence electrons. The molecule has 0 atom stereocenters. The molecule has 0 fully saturated rings. The molecule has 0 aliphatic heterocycles. The minimum atomic E-state index is 0.442. The second-order valence-corrected chi connectivity index (χ2v) is 4.85. The Morgan fingerprint density at radius 1 is 1.25 bits per heavy atom. The van der Waals surface area contributed by atoms with Crippen LogP contribution in [0.5, 0.6) is 17.4 Å². The fraction of sp³-hybridized carbons (Fsp3) is 0.286. The first-order valence-electron chi connectivity index (χ1n) is 6.34. The molecule has 0 unspecified atom stereocenters. The van der Waals surface area contributed by atoms with Crippen molar-refractivity contribution in [2.24, 2.45) is 0 Å². The van der Waals surface area contributed by atoms with E-state index in [1.807, 2.05) is 24.3 Å². The van der Waals surface area contributed by atoms with E-state index >= 15 is 0 Å². The van der Waals surface area contributed by atoms with Gasteiger partial charge in [0.25, 0.3) is 0 Å². The van der Waals surface area contributed by atoms with Crippen LogP contribution in [-0.2, 0) is 0 Å². The third-order valence-corrected chi connectivity index (χ3v) is 3.00. The number of rotatable bonds is 6. The molecule has 2 aromatic rings. The highest BCUT2D eigenvalue weighted by Crippen LogP contribution is 2.33. The number of benzene rings is 1. The Balaban J connectivity index is 2.25. The highest BCUT2D eigenvalue weighted by atomic mass is 79.9. The monoisotopic (exact) mass is 337 g/mol. The number of hydrogen-bond donors (Lipinski definition) is 1. The summed E-state index contributed by atoms with van der Waals surface area (Å²) >= 11 is 3.38. The molecule has 0 aliphatic carbocycles. The van der Waals surface area contributed by atoms with E-state index in [9.17, 15) is 0 Å². The summed E-state index contributed by atoms with van der Waals surface area (Å²) in [4.78, 5) is 8.35. The van der Waals surface area contributed by atoms with Crippen LogP contribution in [0.15, 0.2) is 34.9 Å². The number of aromatic nitrogens is 2. The summed E-state index contributed by atoms with van der Waals surface area (Å²) in [6, 6.07) is 7.52. The third kappa shape index (κ3) is 3.60. The van der Waals surface area contributed by atoms with Gasteiger partial charge in [0.1, 0.15) is 0 Å². The minimum Gasteiger partial charge on any atom is -0.490 e. The molecule has 0 spiro atoms. The molecule has 2 rings (SSSR count). The predicted molar refractivity (Wildman–Crippen MR) is 81.6 cm³/mol. The van der Waals surface area contributed by atoms with Crippen molar-refractivity contribution in [1.29, 1.82) is 0 Å². The second kappa shape index (κ2) is 7.09. The highest BCUT2D eigenvalue weighted by molar-refractivity contribution is 9.10. The van der Waals surface area contributed by atoms with Gasteiger partial charge in [0.05, 0.1) is 17.3 Å². The topological polar surface area (TPSA) is 56.3 Å². The Labute approximate surface area is 126 Å². The Kier molecular flexibility index (Phi) is 5.17. The van der Waals surface area contributed by atoms with Crippen molar-refractivity contribution in [3.8, 4) is 17.4 Å². The van der Waals surface area contributed by atoms with Gasteiger partial charge < -0.3 is 14.8 Å². The van der Waals surface area contributed by atoms with E-state index in [1.54, 1.807) is 13.2 Å². The average molecular weight is 338 g/mol. The van der Waals surface area contributed by atoms with Crippen molar-refractivity contribution in [2.75, 3.05) is 19.0 Å². The van der Waals surface area contributed by atoms with Crippen LogP contribution in [0.1, 0.15) is 13.3 Å². The van der Waals surface area contributed by atoms with E-state index in [0.29, 0.717) is 34.4 Å². The lowest BCUT2D eigenvalue weighted by atomic mass is 10.3. The molecule has 0 radical (unpaired) electrons. The molecule has 20 heavy (non-hydrogen) atoms. The molecular formula is C14H16BrN3O2. The number of halogens is 1. The van der Waals surface area contributed by atoms with Crippen molar-refractivity contribution in [3.05, 3.63) is 34.9 Å². The lowest BCUT2D eigenvalue weighted by Crippen LogP contribution is -2.00. The van der Waals surface area contributed by atoms with Crippen LogP contribution in [0.3, 0.4) is 0 Å². The van der Waals surface area contributed by atoms with Crippen LogP contribution >= 0.6 is 15.9 Å². The molecule has 0 saturated heterocycles. The standard InChI is InChI=1S/C14H16BrN3O2/c1-3-8-19-11-6-4-5-7-12(11)20-13-10(15)9-17-14(16-2)18-13/h4-7,9H,3,8H2,1-2H3,(H,16,17,18). The fourth-order valence-corrected chi connectivity index (χ4v) is 1.79. The molecule has 0 amide bonds. The van der Waals surface area contributed by atoms with Gasteiger partial charge in [-0.3, -0.25) is 0 Å². The second-order valence-electron chi connectivity index (χ2n) is 3.99. The zero-order valence-electron chi connectivity index (χ0n) is 11.4. The molecule has 5 nitrogen and oxygen atoms in total. The van der Waals surface area contributed by atoms with Gasteiger partial charge in [-0.1, -0.05) is 19.1 Å². The van der Waals surface area contributed by atoms with Gasteiger partial charge in [0.2, 0.25) is 11.8 Å². The summed E-state index contributed by atoms with van der Waals surface area (Å²) in [5.74, 6) is 2.26. The molecule has 1 aromatic carbocycles. The van der Waals surface area contributed by atoms with Crippen molar-refractivity contribution in [1.82, 2.24) is 9.97 Å². The summed E-state index contributed by atoms with van der Waals surface area (Å²) in [6.07, 6.45) is 2.58.